The normalized spacial score (nSPS) is 18.2. The zero-order valence-electron chi connectivity index (χ0n) is 5.34. The maximum Gasteiger partial charge on any atom is 0.223 e. The van der Waals surface area contributed by atoms with Crippen LogP contribution >= 0.6 is 22.6 Å². The molecule has 0 aromatic rings. The summed E-state index contributed by atoms with van der Waals surface area (Å²) in [6, 6.07) is 0. The van der Waals surface area contributed by atoms with Crippen LogP contribution in [0.5, 0.6) is 0 Å². The van der Waals surface area contributed by atoms with Gasteiger partial charge >= 0.3 is 0 Å². The number of halogens is 5. The highest BCUT2D eigenvalue weighted by Gasteiger charge is 2.21. The minimum atomic E-state index is -1.91. The number of aliphatic imine (C=N–C) groups is 1. The van der Waals surface area contributed by atoms with E-state index >= 15 is 0 Å². The molecule has 1 aliphatic heterocycles. The van der Waals surface area contributed by atoms with E-state index in [1.54, 1.807) is 0 Å². The zero-order valence-corrected chi connectivity index (χ0v) is 7.49. The lowest BCUT2D eigenvalue weighted by Crippen LogP contribution is -1.82. The van der Waals surface area contributed by atoms with E-state index < -0.39 is 27.0 Å². The number of rotatable bonds is 0. The van der Waals surface area contributed by atoms with Crippen molar-refractivity contribution in [2.24, 2.45) is 4.99 Å². The van der Waals surface area contributed by atoms with Crippen LogP contribution in [0.15, 0.2) is 32.0 Å². The average molecular weight is 289 g/mol. The predicted molar refractivity (Wildman–Crippen MR) is 43.5 cm³/mol. The van der Waals surface area contributed by atoms with E-state index in [2.05, 4.69) is 4.99 Å². The highest BCUT2D eigenvalue weighted by Crippen LogP contribution is 2.30. The fourth-order valence-corrected chi connectivity index (χ4v) is 0.837. The second kappa shape index (κ2) is 3.40. The Bertz CT molecular complexity index is 349. The van der Waals surface area contributed by atoms with E-state index in [9.17, 15) is 17.6 Å². The molecule has 0 bridgehead atoms. The molecule has 0 aliphatic carbocycles. The molecule has 0 saturated heterocycles. The Morgan fingerprint density at radius 1 is 1.00 bits per heavy atom. The lowest BCUT2D eigenvalue weighted by Gasteiger charge is -1.92. The summed E-state index contributed by atoms with van der Waals surface area (Å²) < 4.78 is 49.1. The first-order chi connectivity index (χ1) is 5.54. The van der Waals surface area contributed by atoms with Gasteiger partial charge in [0.2, 0.25) is 17.5 Å². The highest BCUT2D eigenvalue weighted by molar-refractivity contribution is 14.1. The molecular formula is C6F4IN. The van der Waals surface area contributed by atoms with E-state index in [1.807, 2.05) is 0 Å². The molecule has 0 amide bonds. The van der Waals surface area contributed by atoms with Gasteiger partial charge in [-0.15, -0.1) is 0 Å². The van der Waals surface area contributed by atoms with Crippen molar-refractivity contribution >= 4 is 28.5 Å². The molecular weight excluding hydrogens is 289 g/mol. The lowest BCUT2D eigenvalue weighted by atomic mass is 10.4. The van der Waals surface area contributed by atoms with Gasteiger partial charge in [-0.3, -0.25) is 0 Å². The molecule has 1 rings (SSSR count). The molecule has 12 heavy (non-hydrogen) atoms. The Morgan fingerprint density at radius 2 is 1.58 bits per heavy atom. The minimum Gasteiger partial charge on any atom is -0.201 e. The predicted octanol–water partition coefficient (Wildman–Crippen LogP) is 3.25. The van der Waals surface area contributed by atoms with Crippen molar-refractivity contribution in [1.82, 2.24) is 0 Å². The van der Waals surface area contributed by atoms with Crippen molar-refractivity contribution in [3.8, 4) is 0 Å². The van der Waals surface area contributed by atoms with Gasteiger partial charge < -0.3 is 0 Å². The number of allylic oxidation sites excluding steroid dienone is 4. The molecule has 0 N–H and O–H groups in total. The lowest BCUT2D eigenvalue weighted by molar-refractivity contribution is 0.473. The number of hydrogen-bond donors (Lipinski definition) is 0. The second-order valence-electron chi connectivity index (χ2n) is 1.77. The number of nitrogens with zero attached hydrogens (tertiary/aromatic N) is 1. The summed E-state index contributed by atoms with van der Waals surface area (Å²) in [4.78, 5) is 2.99. The Balaban J connectivity index is 3.39. The molecule has 0 unspecified atom stereocenters. The van der Waals surface area contributed by atoms with Crippen molar-refractivity contribution in [1.29, 1.82) is 0 Å². The highest BCUT2D eigenvalue weighted by atomic mass is 127. The molecule has 0 aromatic carbocycles. The van der Waals surface area contributed by atoms with E-state index in [-0.39, 0.29) is 0 Å². The molecule has 0 saturated carbocycles. The standard InChI is InChI=1S/C6F4IN/c7-2-1-12-6(11)5(10)4(9)3(2)8. The van der Waals surface area contributed by atoms with Crippen LogP contribution in [0, 0.1) is 0 Å². The first-order valence-electron chi connectivity index (χ1n) is 2.64. The fraction of sp³-hybridized carbons (Fsp3) is 0. The molecule has 0 atom stereocenters. The Labute approximate surface area is 78.3 Å². The summed E-state index contributed by atoms with van der Waals surface area (Å²) in [6.45, 7) is 0. The van der Waals surface area contributed by atoms with Gasteiger partial charge in [-0.05, 0) is 22.6 Å². The van der Waals surface area contributed by atoms with Crippen molar-refractivity contribution in [3.05, 3.63) is 27.0 Å². The van der Waals surface area contributed by atoms with Crippen LogP contribution in [0.1, 0.15) is 0 Å². The van der Waals surface area contributed by atoms with Crippen LogP contribution in [0.25, 0.3) is 0 Å². The summed E-state index contributed by atoms with van der Waals surface area (Å²) >= 11 is 1.30. The molecule has 1 heterocycles. The molecule has 64 valence electrons. The topological polar surface area (TPSA) is 12.4 Å². The van der Waals surface area contributed by atoms with Gasteiger partial charge in [0.15, 0.2) is 5.83 Å². The fourth-order valence-electron chi connectivity index (χ4n) is 0.480. The third-order valence-corrected chi connectivity index (χ3v) is 1.73. The summed E-state index contributed by atoms with van der Waals surface area (Å²) in [5, 5.41) is 0. The summed E-state index contributed by atoms with van der Waals surface area (Å²) in [5.41, 5.74) is 0. The van der Waals surface area contributed by atoms with Crippen LogP contribution in [0.4, 0.5) is 17.6 Å². The molecule has 6 heteroatoms. The van der Waals surface area contributed by atoms with Gasteiger partial charge in [-0.1, -0.05) is 0 Å². The third-order valence-electron chi connectivity index (χ3n) is 1.01. The van der Waals surface area contributed by atoms with Crippen LogP contribution in [-0.4, -0.2) is 5.87 Å². The van der Waals surface area contributed by atoms with Crippen LogP contribution < -0.4 is 0 Å². The van der Waals surface area contributed by atoms with Crippen molar-refractivity contribution in [2.75, 3.05) is 0 Å². The van der Waals surface area contributed by atoms with E-state index in [1.165, 1.54) is 28.5 Å². The number of hydrogen-bond acceptors (Lipinski definition) is 1. The Kier molecular flexibility index (Phi) is 2.69. The molecule has 0 aromatic heterocycles. The quantitative estimate of drug-likeness (QED) is 0.369. The SMILES string of the molecule is FC1=C=NC(I)=C(F)C(F)=C1F. The zero-order chi connectivity index (χ0) is 9.30. The van der Waals surface area contributed by atoms with E-state index in [0.717, 1.165) is 0 Å². The van der Waals surface area contributed by atoms with Crippen molar-refractivity contribution in [2.45, 2.75) is 0 Å². The van der Waals surface area contributed by atoms with Gasteiger partial charge in [0.1, 0.15) is 3.70 Å². The van der Waals surface area contributed by atoms with Crippen molar-refractivity contribution < 1.29 is 17.6 Å². The average Bonchev–Trinajstić information content (AvgIpc) is 2.14. The monoisotopic (exact) mass is 289 g/mol. The largest absolute Gasteiger partial charge is 0.223 e. The third kappa shape index (κ3) is 1.59. The molecule has 1 nitrogen and oxygen atoms in total. The van der Waals surface area contributed by atoms with Gasteiger partial charge in [0.05, 0.1) is 0 Å². The van der Waals surface area contributed by atoms with Crippen LogP contribution in [-0.2, 0) is 0 Å². The maximum atomic E-state index is 12.5. The van der Waals surface area contributed by atoms with Crippen molar-refractivity contribution in [3.63, 3.8) is 0 Å². The minimum absolute atomic E-state index is 0.479. The second-order valence-corrected chi connectivity index (χ2v) is 2.79. The van der Waals surface area contributed by atoms with Gasteiger partial charge in [-0.2, -0.15) is 13.8 Å². The summed E-state index contributed by atoms with van der Waals surface area (Å²) in [7, 11) is 0. The van der Waals surface area contributed by atoms with E-state index in [4.69, 9.17) is 0 Å². The first-order valence-corrected chi connectivity index (χ1v) is 3.72. The van der Waals surface area contributed by atoms with Gasteiger partial charge in [0, 0.05) is 5.87 Å². The van der Waals surface area contributed by atoms with Crippen LogP contribution in [0.3, 0.4) is 0 Å². The van der Waals surface area contributed by atoms with E-state index in [0.29, 0.717) is 0 Å². The Hall–Kier alpha value is -0.620. The molecule has 1 aliphatic rings. The smallest absolute Gasteiger partial charge is 0.201 e. The Morgan fingerprint density at radius 3 is 2.17 bits per heavy atom. The molecule has 0 radical (unpaired) electrons. The summed E-state index contributed by atoms with van der Waals surface area (Å²) in [6.07, 6.45) is 0. The summed E-state index contributed by atoms with van der Waals surface area (Å²) in [5.74, 6) is -5.46. The van der Waals surface area contributed by atoms with Gasteiger partial charge in [0.25, 0.3) is 0 Å². The maximum absolute atomic E-state index is 12.5. The molecule has 0 fully saturated rings. The first kappa shape index (κ1) is 9.47. The van der Waals surface area contributed by atoms with Crippen LogP contribution in [0.2, 0.25) is 0 Å². The molecule has 0 spiro atoms. The van der Waals surface area contributed by atoms with Gasteiger partial charge in [-0.25, -0.2) is 8.78 Å².